The van der Waals surface area contributed by atoms with Gasteiger partial charge in [0.2, 0.25) is 15.9 Å². The number of amides is 1. The minimum Gasteiger partial charge on any atom is -0.379 e. The summed E-state index contributed by atoms with van der Waals surface area (Å²) < 4.78 is 31.9. The Morgan fingerprint density at radius 1 is 1.07 bits per heavy atom. The molecule has 1 fully saturated rings. The first kappa shape index (κ1) is 20.3. The Kier molecular flexibility index (Phi) is 6.28. The van der Waals surface area contributed by atoms with E-state index in [1.54, 1.807) is 30.3 Å². The predicted molar refractivity (Wildman–Crippen MR) is 110 cm³/mol. The summed E-state index contributed by atoms with van der Waals surface area (Å²) in [6.45, 7) is 5.51. The molecule has 0 radical (unpaired) electrons. The number of ether oxygens (including phenoxy) is 1. The summed E-state index contributed by atoms with van der Waals surface area (Å²) in [5, 5.41) is 2.86. The monoisotopic (exact) mass is 400 g/mol. The zero-order valence-corrected chi connectivity index (χ0v) is 16.8. The Bertz CT molecular complexity index is 976. The first-order valence-corrected chi connectivity index (χ1v) is 10.6. The molecule has 0 unspecified atom stereocenters. The van der Waals surface area contributed by atoms with Crippen molar-refractivity contribution in [3.05, 3.63) is 65.2 Å². The molecule has 0 aromatic heterocycles. The second-order valence-electron chi connectivity index (χ2n) is 6.66. The number of aryl methyl sites for hydroxylation is 1. The number of sulfonamides is 1. The van der Waals surface area contributed by atoms with Crippen LogP contribution in [0.2, 0.25) is 0 Å². The van der Waals surface area contributed by atoms with Gasteiger partial charge < -0.3 is 10.1 Å². The van der Waals surface area contributed by atoms with Crippen molar-refractivity contribution in [3.8, 4) is 0 Å². The maximum absolute atomic E-state index is 12.6. The van der Waals surface area contributed by atoms with Gasteiger partial charge in [-0.15, -0.1) is 0 Å². The predicted octanol–water partition coefficient (Wildman–Crippen LogP) is 2.98. The third kappa shape index (κ3) is 4.67. The molecule has 1 aliphatic heterocycles. The highest BCUT2D eigenvalue weighted by Gasteiger charge is 2.25. The standard InChI is InChI=1S/C21H24N2O4S/c1-16-4-3-5-20(17(16)2)22-21(24)11-8-18-6-9-19(10-7-18)28(25,26)23-12-14-27-15-13-23/h3-11H,12-15H2,1-2H3,(H,22,24)/b11-8+. The molecule has 2 aromatic carbocycles. The molecule has 148 valence electrons. The lowest BCUT2D eigenvalue weighted by atomic mass is 10.1. The maximum atomic E-state index is 12.6. The molecule has 1 heterocycles. The second-order valence-corrected chi connectivity index (χ2v) is 8.59. The van der Waals surface area contributed by atoms with Gasteiger partial charge in [-0.1, -0.05) is 24.3 Å². The van der Waals surface area contributed by atoms with Gasteiger partial charge in [0.15, 0.2) is 0 Å². The van der Waals surface area contributed by atoms with E-state index in [1.807, 2.05) is 32.0 Å². The minimum atomic E-state index is -3.51. The van der Waals surface area contributed by atoms with E-state index in [2.05, 4.69) is 5.32 Å². The number of carbonyl (C=O) groups is 1. The Hall–Kier alpha value is -2.48. The van der Waals surface area contributed by atoms with Gasteiger partial charge >= 0.3 is 0 Å². The molecular formula is C21H24N2O4S. The minimum absolute atomic E-state index is 0.237. The fourth-order valence-electron chi connectivity index (χ4n) is 2.92. The summed E-state index contributed by atoms with van der Waals surface area (Å²) in [4.78, 5) is 12.4. The first-order valence-electron chi connectivity index (χ1n) is 9.11. The van der Waals surface area contributed by atoms with Gasteiger partial charge in [0.1, 0.15) is 0 Å². The fourth-order valence-corrected chi connectivity index (χ4v) is 4.33. The highest BCUT2D eigenvalue weighted by Crippen LogP contribution is 2.19. The van der Waals surface area contributed by atoms with Crippen LogP contribution < -0.4 is 5.32 Å². The normalized spacial score (nSPS) is 15.6. The summed E-state index contributed by atoms with van der Waals surface area (Å²) in [7, 11) is -3.51. The average molecular weight is 401 g/mol. The summed E-state index contributed by atoms with van der Waals surface area (Å²) in [5.41, 5.74) is 3.67. The number of hydrogen-bond donors (Lipinski definition) is 1. The number of rotatable bonds is 5. The average Bonchev–Trinajstić information content (AvgIpc) is 2.71. The maximum Gasteiger partial charge on any atom is 0.248 e. The van der Waals surface area contributed by atoms with Crippen LogP contribution in [-0.4, -0.2) is 44.9 Å². The molecule has 1 N–H and O–H groups in total. The van der Waals surface area contributed by atoms with E-state index < -0.39 is 10.0 Å². The molecule has 0 aliphatic carbocycles. The van der Waals surface area contributed by atoms with Crippen LogP contribution in [0.15, 0.2) is 53.4 Å². The summed E-state index contributed by atoms with van der Waals surface area (Å²) >= 11 is 0. The van der Waals surface area contributed by atoms with Crippen molar-refractivity contribution >= 4 is 27.7 Å². The summed E-state index contributed by atoms with van der Waals surface area (Å²) in [6.07, 6.45) is 3.10. The molecular weight excluding hydrogens is 376 g/mol. The number of morpholine rings is 1. The zero-order valence-electron chi connectivity index (χ0n) is 16.0. The molecule has 0 saturated carbocycles. The quantitative estimate of drug-likeness (QED) is 0.783. The van der Waals surface area contributed by atoms with Crippen molar-refractivity contribution < 1.29 is 17.9 Å². The van der Waals surface area contributed by atoms with Gasteiger partial charge in [0.05, 0.1) is 18.1 Å². The lowest BCUT2D eigenvalue weighted by Gasteiger charge is -2.26. The number of hydrogen-bond acceptors (Lipinski definition) is 4. The Labute approximate surface area is 165 Å². The molecule has 0 atom stereocenters. The number of anilines is 1. The molecule has 1 aliphatic rings. The lowest BCUT2D eigenvalue weighted by molar-refractivity contribution is -0.111. The number of benzene rings is 2. The Morgan fingerprint density at radius 2 is 1.75 bits per heavy atom. The molecule has 1 amide bonds. The molecule has 0 spiro atoms. The van der Waals surface area contributed by atoms with Crippen LogP contribution in [0.5, 0.6) is 0 Å². The van der Waals surface area contributed by atoms with Crippen LogP contribution >= 0.6 is 0 Å². The van der Waals surface area contributed by atoms with E-state index in [-0.39, 0.29) is 10.8 Å². The van der Waals surface area contributed by atoms with Gasteiger partial charge in [0.25, 0.3) is 0 Å². The molecule has 3 rings (SSSR count). The van der Waals surface area contributed by atoms with Crippen molar-refractivity contribution in [1.29, 1.82) is 0 Å². The van der Waals surface area contributed by atoms with Gasteiger partial charge in [-0.05, 0) is 54.8 Å². The van der Waals surface area contributed by atoms with Crippen molar-refractivity contribution in [2.75, 3.05) is 31.6 Å². The van der Waals surface area contributed by atoms with E-state index in [4.69, 9.17) is 4.74 Å². The van der Waals surface area contributed by atoms with Gasteiger partial charge in [-0.25, -0.2) is 8.42 Å². The van der Waals surface area contributed by atoms with Crippen molar-refractivity contribution in [3.63, 3.8) is 0 Å². The molecule has 0 bridgehead atoms. The number of nitrogens with one attached hydrogen (secondary N) is 1. The zero-order chi connectivity index (χ0) is 20.1. The third-order valence-electron chi connectivity index (χ3n) is 4.78. The number of carbonyl (C=O) groups excluding carboxylic acids is 1. The van der Waals surface area contributed by atoms with E-state index >= 15 is 0 Å². The van der Waals surface area contributed by atoms with Crippen LogP contribution in [0.25, 0.3) is 6.08 Å². The van der Waals surface area contributed by atoms with Crippen LogP contribution in [0.3, 0.4) is 0 Å². The number of nitrogens with zero attached hydrogens (tertiary/aromatic N) is 1. The highest BCUT2D eigenvalue weighted by molar-refractivity contribution is 7.89. The molecule has 1 saturated heterocycles. The highest BCUT2D eigenvalue weighted by atomic mass is 32.2. The SMILES string of the molecule is Cc1cccc(NC(=O)/C=C/c2ccc(S(=O)(=O)N3CCOCC3)cc2)c1C. The van der Waals surface area contributed by atoms with E-state index in [0.717, 1.165) is 22.4 Å². The lowest BCUT2D eigenvalue weighted by Crippen LogP contribution is -2.40. The van der Waals surface area contributed by atoms with Crippen LogP contribution in [0.4, 0.5) is 5.69 Å². The van der Waals surface area contributed by atoms with Crippen molar-refractivity contribution in [1.82, 2.24) is 4.31 Å². The summed E-state index contributed by atoms with van der Waals surface area (Å²) in [6, 6.07) is 12.3. The van der Waals surface area contributed by atoms with Crippen LogP contribution in [0, 0.1) is 13.8 Å². The molecule has 2 aromatic rings. The van der Waals surface area contributed by atoms with E-state index in [1.165, 1.54) is 10.4 Å². The largest absolute Gasteiger partial charge is 0.379 e. The molecule has 6 nitrogen and oxygen atoms in total. The molecule has 28 heavy (non-hydrogen) atoms. The van der Waals surface area contributed by atoms with Crippen molar-refractivity contribution in [2.45, 2.75) is 18.7 Å². The van der Waals surface area contributed by atoms with Gasteiger partial charge in [-0.3, -0.25) is 4.79 Å². The fraction of sp³-hybridized carbons (Fsp3) is 0.286. The smallest absolute Gasteiger partial charge is 0.248 e. The van der Waals surface area contributed by atoms with Crippen molar-refractivity contribution in [2.24, 2.45) is 0 Å². The van der Waals surface area contributed by atoms with E-state index in [0.29, 0.717) is 26.3 Å². The van der Waals surface area contributed by atoms with Gasteiger partial charge in [0, 0.05) is 24.9 Å². The third-order valence-corrected chi connectivity index (χ3v) is 6.69. The summed E-state index contributed by atoms with van der Waals surface area (Å²) in [5.74, 6) is -0.237. The second kappa shape index (κ2) is 8.68. The first-order chi connectivity index (χ1) is 13.4. The Balaban J connectivity index is 1.66. The Morgan fingerprint density at radius 3 is 2.43 bits per heavy atom. The van der Waals surface area contributed by atoms with Crippen LogP contribution in [0.1, 0.15) is 16.7 Å². The molecule has 7 heteroatoms. The van der Waals surface area contributed by atoms with Crippen LogP contribution in [-0.2, 0) is 19.6 Å². The van der Waals surface area contributed by atoms with E-state index in [9.17, 15) is 13.2 Å². The topological polar surface area (TPSA) is 75.7 Å². The van der Waals surface area contributed by atoms with Gasteiger partial charge in [-0.2, -0.15) is 4.31 Å².